The van der Waals surface area contributed by atoms with E-state index in [0.29, 0.717) is 6.04 Å². The van der Waals surface area contributed by atoms with Gasteiger partial charge in [-0.15, -0.1) is 0 Å². The first-order chi connectivity index (χ1) is 5.36. The van der Waals surface area contributed by atoms with Crippen LogP contribution in [0, 0.1) is 6.92 Å². The van der Waals surface area contributed by atoms with E-state index >= 15 is 0 Å². The van der Waals surface area contributed by atoms with Gasteiger partial charge in [-0.2, -0.15) is 0 Å². The first-order valence-electron chi connectivity index (χ1n) is 4.04. The molecule has 0 atom stereocenters. The largest absolute Gasteiger partial charge is 0.367 e. The highest BCUT2D eigenvalue weighted by molar-refractivity contribution is 5.44. The zero-order valence-corrected chi connectivity index (χ0v) is 6.67. The van der Waals surface area contributed by atoms with E-state index in [1.165, 1.54) is 18.4 Å². The van der Waals surface area contributed by atoms with E-state index in [2.05, 4.69) is 23.3 Å². The van der Waals surface area contributed by atoms with Crippen LogP contribution >= 0.6 is 0 Å². The molecule has 0 saturated heterocycles. The molecule has 0 unspecified atom stereocenters. The van der Waals surface area contributed by atoms with Crippen LogP contribution in [0.15, 0.2) is 18.3 Å². The van der Waals surface area contributed by atoms with Crippen LogP contribution in [0.4, 0.5) is 5.82 Å². The fourth-order valence-corrected chi connectivity index (χ4v) is 1.06. The molecule has 1 N–H and O–H groups in total. The Morgan fingerprint density at radius 2 is 2.36 bits per heavy atom. The summed E-state index contributed by atoms with van der Waals surface area (Å²) in [7, 11) is 0. The van der Waals surface area contributed by atoms with E-state index in [4.69, 9.17) is 0 Å². The first kappa shape index (κ1) is 6.65. The lowest BCUT2D eigenvalue weighted by molar-refractivity contribution is 1.10. The Morgan fingerprint density at radius 3 is 3.00 bits per heavy atom. The molecule has 1 aliphatic rings. The lowest BCUT2D eigenvalue weighted by atomic mass is 10.3. The third-order valence-electron chi connectivity index (χ3n) is 1.93. The molecule has 2 rings (SSSR count). The first-order valence-corrected chi connectivity index (χ1v) is 4.04. The summed E-state index contributed by atoms with van der Waals surface area (Å²) in [5.41, 5.74) is 1.24. The molecule has 1 aromatic rings. The third-order valence-corrected chi connectivity index (χ3v) is 1.93. The molecule has 1 fully saturated rings. The average molecular weight is 148 g/mol. The van der Waals surface area contributed by atoms with E-state index in [0.717, 1.165) is 5.82 Å². The molecule has 1 aromatic heterocycles. The molecule has 58 valence electrons. The fraction of sp³-hybridized carbons (Fsp3) is 0.444. The van der Waals surface area contributed by atoms with E-state index in [9.17, 15) is 0 Å². The highest BCUT2D eigenvalue weighted by atomic mass is 15.0. The van der Waals surface area contributed by atoms with Crippen molar-refractivity contribution in [1.29, 1.82) is 0 Å². The predicted molar refractivity (Wildman–Crippen MR) is 45.6 cm³/mol. The van der Waals surface area contributed by atoms with Gasteiger partial charge in [0.2, 0.25) is 0 Å². The molecule has 0 aromatic carbocycles. The molecule has 11 heavy (non-hydrogen) atoms. The molecule has 0 radical (unpaired) electrons. The van der Waals surface area contributed by atoms with Crippen molar-refractivity contribution in [2.45, 2.75) is 25.8 Å². The van der Waals surface area contributed by atoms with E-state index in [1.54, 1.807) is 0 Å². The van der Waals surface area contributed by atoms with Crippen molar-refractivity contribution >= 4 is 5.82 Å². The number of hydrogen-bond donors (Lipinski definition) is 1. The third kappa shape index (κ3) is 1.50. The smallest absolute Gasteiger partial charge is 0.129 e. The summed E-state index contributed by atoms with van der Waals surface area (Å²) in [5, 5.41) is 3.37. The topological polar surface area (TPSA) is 24.9 Å². The Balaban J connectivity index is 2.15. The van der Waals surface area contributed by atoms with Gasteiger partial charge < -0.3 is 5.32 Å². The minimum atomic E-state index is 0.698. The zero-order valence-electron chi connectivity index (χ0n) is 6.67. The van der Waals surface area contributed by atoms with Crippen molar-refractivity contribution in [3.05, 3.63) is 23.9 Å². The number of hydrogen-bond acceptors (Lipinski definition) is 2. The molecule has 2 heteroatoms. The Bertz CT molecular complexity index is 253. The van der Waals surface area contributed by atoms with E-state index < -0.39 is 0 Å². The maximum atomic E-state index is 4.25. The number of anilines is 1. The van der Waals surface area contributed by atoms with Gasteiger partial charge in [0.05, 0.1) is 0 Å². The van der Waals surface area contributed by atoms with Gasteiger partial charge in [0, 0.05) is 12.2 Å². The lowest BCUT2D eigenvalue weighted by Crippen LogP contribution is -2.03. The van der Waals surface area contributed by atoms with Gasteiger partial charge in [0.15, 0.2) is 0 Å². The Hall–Kier alpha value is -1.05. The molecule has 1 saturated carbocycles. The summed E-state index contributed by atoms with van der Waals surface area (Å²) < 4.78 is 0. The molecule has 0 spiro atoms. The molecule has 1 aliphatic carbocycles. The number of nitrogens with one attached hydrogen (secondary N) is 1. The fourth-order valence-electron chi connectivity index (χ4n) is 1.06. The Morgan fingerprint density at radius 1 is 1.55 bits per heavy atom. The summed E-state index contributed by atoms with van der Waals surface area (Å²) in [6, 6.07) is 4.74. The van der Waals surface area contributed by atoms with E-state index in [-0.39, 0.29) is 0 Å². The SMILES string of the molecule is Cc1cccnc1NC1CC1. The normalized spacial score (nSPS) is 16.5. The van der Waals surface area contributed by atoms with Gasteiger partial charge in [0.1, 0.15) is 5.82 Å². The van der Waals surface area contributed by atoms with Crippen molar-refractivity contribution in [2.75, 3.05) is 5.32 Å². The van der Waals surface area contributed by atoms with Crippen molar-refractivity contribution in [3.63, 3.8) is 0 Å². The lowest BCUT2D eigenvalue weighted by Gasteiger charge is -2.04. The second-order valence-corrected chi connectivity index (χ2v) is 3.09. The molecule has 0 aliphatic heterocycles. The van der Waals surface area contributed by atoms with Gasteiger partial charge in [-0.1, -0.05) is 6.07 Å². The molecule has 2 nitrogen and oxygen atoms in total. The Labute approximate surface area is 66.7 Å². The zero-order chi connectivity index (χ0) is 7.68. The summed E-state index contributed by atoms with van der Waals surface area (Å²) in [4.78, 5) is 4.25. The van der Waals surface area contributed by atoms with Crippen LogP contribution in [0.1, 0.15) is 18.4 Å². The van der Waals surface area contributed by atoms with Crippen molar-refractivity contribution in [2.24, 2.45) is 0 Å². The van der Waals surface area contributed by atoms with Crippen molar-refractivity contribution in [3.8, 4) is 0 Å². The highest BCUT2D eigenvalue weighted by Gasteiger charge is 2.21. The molecule has 0 bridgehead atoms. The van der Waals surface area contributed by atoms with Crippen LogP contribution < -0.4 is 5.32 Å². The van der Waals surface area contributed by atoms with Crippen LogP contribution in [0.5, 0.6) is 0 Å². The van der Waals surface area contributed by atoms with Gasteiger partial charge >= 0.3 is 0 Å². The summed E-state index contributed by atoms with van der Waals surface area (Å²) in [5.74, 6) is 1.05. The number of nitrogens with zero attached hydrogens (tertiary/aromatic N) is 1. The average Bonchev–Trinajstić information content (AvgIpc) is 2.78. The molecule has 1 heterocycles. The summed E-state index contributed by atoms with van der Waals surface area (Å²) >= 11 is 0. The molecular weight excluding hydrogens is 136 g/mol. The second-order valence-electron chi connectivity index (χ2n) is 3.09. The molecular formula is C9H12N2. The van der Waals surface area contributed by atoms with Crippen LogP contribution in [0.3, 0.4) is 0 Å². The highest BCUT2D eigenvalue weighted by Crippen LogP contribution is 2.24. The minimum absolute atomic E-state index is 0.698. The van der Waals surface area contributed by atoms with Crippen LogP contribution in [0.25, 0.3) is 0 Å². The standard InChI is InChI=1S/C9H12N2/c1-7-3-2-6-10-9(7)11-8-4-5-8/h2-3,6,8H,4-5H2,1H3,(H,10,11). The quantitative estimate of drug-likeness (QED) is 0.693. The summed E-state index contributed by atoms with van der Waals surface area (Å²) in [6.07, 6.45) is 4.43. The van der Waals surface area contributed by atoms with Gasteiger partial charge in [-0.05, 0) is 31.4 Å². The maximum absolute atomic E-state index is 4.25. The number of aryl methyl sites for hydroxylation is 1. The second kappa shape index (κ2) is 2.53. The van der Waals surface area contributed by atoms with Crippen LogP contribution in [-0.4, -0.2) is 11.0 Å². The van der Waals surface area contributed by atoms with Crippen molar-refractivity contribution in [1.82, 2.24) is 4.98 Å². The Kier molecular flexibility index (Phi) is 1.53. The predicted octanol–water partition coefficient (Wildman–Crippen LogP) is 1.96. The minimum Gasteiger partial charge on any atom is -0.367 e. The van der Waals surface area contributed by atoms with Crippen molar-refractivity contribution < 1.29 is 0 Å². The number of pyridine rings is 1. The monoisotopic (exact) mass is 148 g/mol. The van der Waals surface area contributed by atoms with Gasteiger partial charge in [-0.3, -0.25) is 0 Å². The van der Waals surface area contributed by atoms with Crippen LogP contribution in [-0.2, 0) is 0 Å². The maximum Gasteiger partial charge on any atom is 0.129 e. The summed E-state index contributed by atoms with van der Waals surface area (Å²) in [6.45, 7) is 2.08. The molecule has 0 amide bonds. The van der Waals surface area contributed by atoms with Crippen LogP contribution in [0.2, 0.25) is 0 Å². The van der Waals surface area contributed by atoms with E-state index in [1.807, 2.05) is 12.3 Å². The van der Waals surface area contributed by atoms with Gasteiger partial charge in [0.25, 0.3) is 0 Å². The number of rotatable bonds is 2. The number of aromatic nitrogens is 1. The van der Waals surface area contributed by atoms with Gasteiger partial charge in [-0.25, -0.2) is 4.98 Å².